The zero-order chi connectivity index (χ0) is 24.8. The maximum Gasteiger partial charge on any atom is 0.229 e. The Labute approximate surface area is 207 Å². The maximum absolute atomic E-state index is 13.3. The number of carbonyl (C=O) groups is 1. The van der Waals surface area contributed by atoms with Crippen LogP contribution in [-0.4, -0.2) is 36.7 Å². The molecule has 4 aromatic rings. The summed E-state index contributed by atoms with van der Waals surface area (Å²) in [5.74, 6) is -0.240. The number of amides is 1. The summed E-state index contributed by atoms with van der Waals surface area (Å²) in [5.41, 5.74) is 1.57. The summed E-state index contributed by atoms with van der Waals surface area (Å²) in [6.07, 6.45) is 3.48. The summed E-state index contributed by atoms with van der Waals surface area (Å²) >= 11 is 1.37. The van der Waals surface area contributed by atoms with Gasteiger partial charge in [-0.25, -0.2) is 17.8 Å². The van der Waals surface area contributed by atoms with Crippen molar-refractivity contribution in [2.75, 3.05) is 17.3 Å². The Morgan fingerprint density at radius 3 is 2.66 bits per heavy atom. The summed E-state index contributed by atoms with van der Waals surface area (Å²) in [6.45, 7) is 2.71. The van der Waals surface area contributed by atoms with Gasteiger partial charge in [0.05, 0.1) is 34.0 Å². The molecule has 0 spiro atoms. The van der Waals surface area contributed by atoms with Gasteiger partial charge in [0.25, 0.3) is 0 Å². The summed E-state index contributed by atoms with van der Waals surface area (Å²) in [7, 11) is -3.63. The molecule has 0 unspecified atom stereocenters. The Morgan fingerprint density at radius 2 is 1.94 bits per heavy atom. The smallest absolute Gasteiger partial charge is 0.229 e. The lowest BCUT2D eigenvalue weighted by Crippen LogP contribution is -2.30. The molecule has 0 N–H and O–H groups in total. The first-order valence-corrected chi connectivity index (χ1v) is 13.5. The largest absolute Gasteiger partial charge is 0.494 e. The summed E-state index contributed by atoms with van der Waals surface area (Å²) in [5, 5.41) is 0.517. The predicted octanol–water partition coefficient (Wildman–Crippen LogP) is 5.02. The second-order valence-corrected chi connectivity index (χ2v) is 10.9. The van der Waals surface area contributed by atoms with Crippen LogP contribution in [0.15, 0.2) is 71.9 Å². The van der Waals surface area contributed by atoms with Gasteiger partial charge >= 0.3 is 0 Å². The van der Waals surface area contributed by atoms with Crippen LogP contribution >= 0.6 is 11.3 Å². The molecule has 0 aliphatic carbocycles. The SMILES string of the molecule is CCOc1ccc2nc(N(Cc3cccnc3)C(=O)CCCS(=O)(=O)c3ccc(F)cc3)sc2c1. The minimum atomic E-state index is -3.63. The van der Waals surface area contributed by atoms with E-state index in [1.54, 1.807) is 23.4 Å². The number of fused-ring (bicyclic) bond motifs is 1. The van der Waals surface area contributed by atoms with Crippen LogP contribution in [0.4, 0.5) is 9.52 Å². The number of sulfone groups is 1. The summed E-state index contributed by atoms with van der Waals surface area (Å²) in [4.78, 5) is 23.6. The van der Waals surface area contributed by atoms with Gasteiger partial charge in [-0.3, -0.25) is 14.7 Å². The van der Waals surface area contributed by atoms with E-state index in [9.17, 15) is 17.6 Å². The molecule has 7 nitrogen and oxygen atoms in total. The topological polar surface area (TPSA) is 89.5 Å². The zero-order valence-electron chi connectivity index (χ0n) is 19.1. The number of thiazole rings is 1. The van der Waals surface area contributed by atoms with E-state index >= 15 is 0 Å². The Bertz CT molecular complexity index is 1410. The molecule has 0 saturated carbocycles. The van der Waals surface area contributed by atoms with Gasteiger partial charge in [-0.05, 0) is 67.4 Å². The fourth-order valence-electron chi connectivity index (χ4n) is 3.51. The fraction of sp³-hybridized carbons (Fsp3) is 0.240. The van der Waals surface area contributed by atoms with Crippen molar-refractivity contribution in [1.82, 2.24) is 9.97 Å². The van der Waals surface area contributed by atoms with E-state index in [1.165, 1.54) is 23.5 Å². The summed E-state index contributed by atoms with van der Waals surface area (Å²) in [6, 6.07) is 13.9. The number of hydrogen-bond donors (Lipinski definition) is 0. The Balaban J connectivity index is 1.53. The third-order valence-electron chi connectivity index (χ3n) is 5.23. The van der Waals surface area contributed by atoms with Crippen LogP contribution in [0.25, 0.3) is 10.2 Å². The van der Waals surface area contributed by atoms with Gasteiger partial charge in [0.2, 0.25) is 5.91 Å². The number of carbonyl (C=O) groups excluding carboxylic acids is 1. The van der Waals surface area contributed by atoms with Crippen molar-refractivity contribution in [2.24, 2.45) is 0 Å². The van der Waals surface area contributed by atoms with E-state index in [4.69, 9.17) is 4.74 Å². The van der Waals surface area contributed by atoms with E-state index < -0.39 is 15.7 Å². The molecule has 0 fully saturated rings. The van der Waals surface area contributed by atoms with Gasteiger partial charge in [0.15, 0.2) is 15.0 Å². The second-order valence-electron chi connectivity index (χ2n) is 7.78. The Hall–Kier alpha value is -3.37. The molecular formula is C25H24FN3O4S2. The standard InChI is InChI=1S/C25H24FN3O4S2/c1-2-33-20-9-12-22-23(15-20)34-25(28-22)29(17-18-5-3-13-27-16-18)24(30)6-4-14-35(31,32)21-10-7-19(26)8-11-21/h3,5,7-13,15-16H,2,4,6,14,17H2,1H3. The first kappa shape index (κ1) is 24.7. The van der Waals surface area contributed by atoms with Gasteiger partial charge in [-0.1, -0.05) is 17.4 Å². The highest BCUT2D eigenvalue weighted by molar-refractivity contribution is 7.91. The minimum absolute atomic E-state index is 0.0147. The number of hydrogen-bond acceptors (Lipinski definition) is 7. The van der Waals surface area contributed by atoms with Crippen LogP contribution in [0, 0.1) is 5.82 Å². The Morgan fingerprint density at radius 1 is 1.14 bits per heavy atom. The van der Waals surface area contributed by atoms with Crippen LogP contribution in [-0.2, 0) is 21.2 Å². The van der Waals surface area contributed by atoms with Gasteiger partial charge < -0.3 is 4.74 Å². The number of benzene rings is 2. The minimum Gasteiger partial charge on any atom is -0.494 e. The Kier molecular flexibility index (Phi) is 7.72. The van der Waals surface area contributed by atoms with Gasteiger partial charge in [-0.2, -0.15) is 0 Å². The second kappa shape index (κ2) is 10.9. The van der Waals surface area contributed by atoms with Crippen LogP contribution in [0.5, 0.6) is 5.75 Å². The molecule has 0 atom stereocenters. The van der Waals surface area contributed by atoms with Crippen molar-refractivity contribution in [3.05, 3.63) is 78.4 Å². The van der Waals surface area contributed by atoms with Crippen molar-refractivity contribution in [3.63, 3.8) is 0 Å². The van der Waals surface area contributed by atoms with Gasteiger partial charge in [0.1, 0.15) is 11.6 Å². The number of rotatable bonds is 10. The summed E-state index contributed by atoms with van der Waals surface area (Å²) < 4.78 is 44.7. The number of aromatic nitrogens is 2. The number of anilines is 1. The molecule has 4 rings (SSSR count). The lowest BCUT2D eigenvalue weighted by atomic mass is 10.2. The molecule has 0 bridgehead atoms. The van der Waals surface area contributed by atoms with E-state index in [-0.39, 0.29) is 35.9 Å². The number of pyridine rings is 1. The van der Waals surface area contributed by atoms with Crippen molar-refractivity contribution in [1.29, 1.82) is 0 Å². The highest BCUT2D eigenvalue weighted by Crippen LogP contribution is 2.33. The van der Waals surface area contributed by atoms with Crippen molar-refractivity contribution >= 4 is 42.4 Å². The highest BCUT2D eigenvalue weighted by atomic mass is 32.2. The molecule has 2 aromatic heterocycles. The zero-order valence-corrected chi connectivity index (χ0v) is 20.7. The number of halogens is 1. The molecule has 35 heavy (non-hydrogen) atoms. The third-order valence-corrected chi connectivity index (χ3v) is 8.09. The predicted molar refractivity (Wildman–Crippen MR) is 134 cm³/mol. The molecule has 10 heteroatoms. The molecule has 0 aliphatic heterocycles. The van der Waals surface area contributed by atoms with Gasteiger partial charge in [-0.15, -0.1) is 0 Å². The fourth-order valence-corrected chi connectivity index (χ4v) is 5.83. The maximum atomic E-state index is 13.3. The number of nitrogens with zero attached hydrogens (tertiary/aromatic N) is 3. The highest BCUT2D eigenvalue weighted by Gasteiger charge is 2.22. The lowest BCUT2D eigenvalue weighted by Gasteiger charge is -2.20. The average Bonchev–Trinajstić information content (AvgIpc) is 3.26. The van der Waals surface area contributed by atoms with Crippen molar-refractivity contribution in [2.45, 2.75) is 31.2 Å². The molecule has 2 heterocycles. The van der Waals surface area contributed by atoms with Crippen molar-refractivity contribution < 1.29 is 22.3 Å². The molecule has 0 radical (unpaired) electrons. The van der Waals surface area contributed by atoms with E-state index in [2.05, 4.69) is 9.97 Å². The molecule has 1 amide bonds. The molecule has 0 saturated heterocycles. The third kappa shape index (κ3) is 6.20. The van der Waals surface area contributed by atoms with E-state index in [0.29, 0.717) is 11.7 Å². The normalized spacial score (nSPS) is 11.5. The first-order valence-electron chi connectivity index (χ1n) is 11.1. The molecular weight excluding hydrogens is 489 g/mol. The monoisotopic (exact) mass is 513 g/mol. The van der Waals surface area contributed by atoms with E-state index in [1.807, 2.05) is 31.2 Å². The first-order chi connectivity index (χ1) is 16.9. The van der Waals surface area contributed by atoms with Gasteiger partial charge in [0, 0.05) is 18.8 Å². The van der Waals surface area contributed by atoms with Crippen LogP contribution in [0.3, 0.4) is 0 Å². The average molecular weight is 514 g/mol. The molecule has 0 aliphatic rings. The molecule has 2 aromatic carbocycles. The quantitative estimate of drug-likeness (QED) is 0.277. The van der Waals surface area contributed by atoms with E-state index in [0.717, 1.165) is 33.7 Å². The van der Waals surface area contributed by atoms with Crippen LogP contribution < -0.4 is 9.64 Å². The molecule has 182 valence electrons. The number of ether oxygens (including phenoxy) is 1. The lowest BCUT2D eigenvalue weighted by molar-refractivity contribution is -0.118. The van der Waals surface area contributed by atoms with Crippen molar-refractivity contribution in [3.8, 4) is 5.75 Å². The van der Waals surface area contributed by atoms with Crippen LogP contribution in [0.2, 0.25) is 0 Å². The van der Waals surface area contributed by atoms with Crippen LogP contribution in [0.1, 0.15) is 25.3 Å².